The minimum absolute atomic E-state index is 0.0321. The standard InChI is InChI=1S/C17H18N4O2S/c18-11-13-6-8-14(9-7-13)16-4-1-5-17(20-16)24(22,23)21-10-2-3-15(21)12-19/h1,4-9,15H,2-3,10,12,19H2/t15-/m1/s1. The van der Waals surface area contributed by atoms with Crippen LogP contribution in [0.15, 0.2) is 47.5 Å². The molecule has 3 rings (SSSR count). The molecule has 24 heavy (non-hydrogen) atoms. The average Bonchev–Trinajstić information content (AvgIpc) is 3.11. The summed E-state index contributed by atoms with van der Waals surface area (Å²) in [6.07, 6.45) is 1.60. The molecule has 1 atom stereocenters. The van der Waals surface area contributed by atoms with Crippen LogP contribution in [-0.4, -0.2) is 36.8 Å². The van der Waals surface area contributed by atoms with Crippen LogP contribution in [0.4, 0.5) is 0 Å². The lowest BCUT2D eigenvalue weighted by atomic mass is 10.1. The zero-order chi connectivity index (χ0) is 17.2. The smallest absolute Gasteiger partial charge is 0.260 e. The van der Waals surface area contributed by atoms with Crippen molar-refractivity contribution in [3.8, 4) is 17.3 Å². The van der Waals surface area contributed by atoms with Gasteiger partial charge in [0.25, 0.3) is 10.0 Å². The van der Waals surface area contributed by atoms with E-state index in [9.17, 15) is 8.42 Å². The highest BCUT2D eigenvalue weighted by Gasteiger charge is 2.35. The van der Waals surface area contributed by atoms with Crippen molar-refractivity contribution in [3.05, 3.63) is 48.0 Å². The van der Waals surface area contributed by atoms with Crippen molar-refractivity contribution in [1.29, 1.82) is 5.26 Å². The summed E-state index contributed by atoms with van der Waals surface area (Å²) in [5.74, 6) is 0. The Morgan fingerprint density at radius 1 is 1.25 bits per heavy atom. The van der Waals surface area contributed by atoms with Crippen LogP contribution in [0.1, 0.15) is 18.4 Å². The number of nitrogens with two attached hydrogens (primary N) is 1. The van der Waals surface area contributed by atoms with Crippen LogP contribution < -0.4 is 5.73 Å². The fourth-order valence-electron chi connectivity index (χ4n) is 2.92. The molecule has 6 nitrogen and oxygen atoms in total. The first-order valence-corrected chi connectivity index (χ1v) is 9.20. The third kappa shape index (κ3) is 3.04. The lowest BCUT2D eigenvalue weighted by molar-refractivity contribution is 0.391. The molecule has 7 heteroatoms. The van der Waals surface area contributed by atoms with Crippen LogP contribution in [0.25, 0.3) is 11.3 Å². The molecule has 1 aliphatic rings. The molecular weight excluding hydrogens is 324 g/mol. The van der Waals surface area contributed by atoms with Gasteiger partial charge in [-0.2, -0.15) is 9.57 Å². The number of hydrogen-bond acceptors (Lipinski definition) is 5. The van der Waals surface area contributed by atoms with E-state index in [1.54, 1.807) is 36.4 Å². The van der Waals surface area contributed by atoms with Gasteiger partial charge in [0.2, 0.25) is 0 Å². The van der Waals surface area contributed by atoms with Gasteiger partial charge in [-0.05, 0) is 37.1 Å². The van der Waals surface area contributed by atoms with Gasteiger partial charge in [0.1, 0.15) is 0 Å². The summed E-state index contributed by atoms with van der Waals surface area (Å²) >= 11 is 0. The van der Waals surface area contributed by atoms with Crippen molar-refractivity contribution in [3.63, 3.8) is 0 Å². The van der Waals surface area contributed by atoms with Crippen LogP contribution in [0.3, 0.4) is 0 Å². The summed E-state index contributed by atoms with van der Waals surface area (Å²) in [5.41, 5.74) is 7.57. The highest BCUT2D eigenvalue weighted by atomic mass is 32.2. The molecule has 1 fully saturated rings. The summed E-state index contributed by atoms with van der Waals surface area (Å²) in [6.45, 7) is 0.793. The monoisotopic (exact) mass is 342 g/mol. The van der Waals surface area contributed by atoms with Crippen molar-refractivity contribution < 1.29 is 8.42 Å². The number of nitrogens with zero attached hydrogens (tertiary/aromatic N) is 3. The molecule has 0 unspecified atom stereocenters. The van der Waals surface area contributed by atoms with E-state index >= 15 is 0 Å². The molecule has 1 aliphatic heterocycles. The van der Waals surface area contributed by atoms with E-state index < -0.39 is 10.0 Å². The molecular formula is C17H18N4O2S. The fourth-order valence-corrected chi connectivity index (χ4v) is 4.57. The van der Waals surface area contributed by atoms with Gasteiger partial charge >= 0.3 is 0 Å². The molecule has 0 saturated carbocycles. The number of sulfonamides is 1. The number of aromatic nitrogens is 1. The summed E-state index contributed by atoms with van der Waals surface area (Å²) in [6, 6.07) is 13.7. The zero-order valence-corrected chi connectivity index (χ0v) is 13.9. The van der Waals surface area contributed by atoms with Gasteiger partial charge in [0.05, 0.1) is 17.3 Å². The van der Waals surface area contributed by atoms with E-state index in [-0.39, 0.29) is 11.1 Å². The summed E-state index contributed by atoms with van der Waals surface area (Å²) < 4.78 is 27.2. The van der Waals surface area contributed by atoms with Gasteiger partial charge in [-0.1, -0.05) is 18.2 Å². The Bertz CT molecular complexity index is 872. The predicted molar refractivity (Wildman–Crippen MR) is 90.4 cm³/mol. The Labute approximate surface area is 141 Å². The molecule has 1 aromatic carbocycles. The molecule has 0 spiro atoms. The summed E-state index contributed by atoms with van der Waals surface area (Å²) in [5, 5.41) is 8.89. The highest BCUT2D eigenvalue weighted by molar-refractivity contribution is 7.89. The zero-order valence-electron chi connectivity index (χ0n) is 13.1. The van der Waals surface area contributed by atoms with Crippen LogP contribution in [0.2, 0.25) is 0 Å². The Morgan fingerprint density at radius 2 is 2.00 bits per heavy atom. The number of nitriles is 1. The van der Waals surface area contributed by atoms with Crippen molar-refractivity contribution in [2.75, 3.05) is 13.1 Å². The average molecular weight is 342 g/mol. The largest absolute Gasteiger partial charge is 0.329 e. The number of hydrogen-bond donors (Lipinski definition) is 1. The maximum Gasteiger partial charge on any atom is 0.260 e. The van der Waals surface area contributed by atoms with Gasteiger partial charge in [-0.25, -0.2) is 13.4 Å². The molecule has 1 aromatic heterocycles. The predicted octanol–water partition coefficient (Wildman–Crippen LogP) is 1.73. The van der Waals surface area contributed by atoms with Gasteiger partial charge in [0, 0.05) is 24.7 Å². The quantitative estimate of drug-likeness (QED) is 0.912. The first-order chi connectivity index (χ1) is 11.6. The lowest BCUT2D eigenvalue weighted by Crippen LogP contribution is -2.40. The van der Waals surface area contributed by atoms with E-state index in [1.807, 2.05) is 0 Å². The number of pyridine rings is 1. The molecule has 0 bridgehead atoms. The van der Waals surface area contributed by atoms with Crippen molar-refractivity contribution >= 4 is 10.0 Å². The molecule has 2 N–H and O–H groups in total. The molecule has 0 radical (unpaired) electrons. The van der Waals surface area contributed by atoms with Crippen LogP contribution in [-0.2, 0) is 10.0 Å². The topological polar surface area (TPSA) is 100 Å². The lowest BCUT2D eigenvalue weighted by Gasteiger charge is -2.22. The summed E-state index contributed by atoms with van der Waals surface area (Å²) in [4.78, 5) is 4.33. The minimum Gasteiger partial charge on any atom is -0.329 e. The number of rotatable bonds is 4. The molecule has 0 amide bonds. The Kier molecular flexibility index (Phi) is 4.62. The first-order valence-electron chi connectivity index (χ1n) is 7.76. The maximum atomic E-state index is 12.9. The second-order valence-corrected chi connectivity index (χ2v) is 7.54. The Balaban J connectivity index is 1.96. The Hall–Kier alpha value is -2.27. The summed E-state index contributed by atoms with van der Waals surface area (Å²) in [7, 11) is -3.65. The van der Waals surface area contributed by atoms with Crippen LogP contribution in [0.5, 0.6) is 0 Å². The fraction of sp³-hybridized carbons (Fsp3) is 0.294. The van der Waals surface area contributed by atoms with E-state index in [0.29, 0.717) is 24.3 Å². The second kappa shape index (κ2) is 6.69. The van der Waals surface area contributed by atoms with Crippen molar-refractivity contribution in [2.24, 2.45) is 5.73 Å². The third-order valence-corrected chi connectivity index (χ3v) is 6.06. The van der Waals surface area contributed by atoms with E-state index in [1.165, 1.54) is 10.4 Å². The molecule has 124 valence electrons. The molecule has 0 aliphatic carbocycles. The van der Waals surface area contributed by atoms with E-state index in [4.69, 9.17) is 11.0 Å². The highest BCUT2D eigenvalue weighted by Crippen LogP contribution is 2.26. The Morgan fingerprint density at radius 3 is 2.67 bits per heavy atom. The van der Waals surface area contributed by atoms with Gasteiger partial charge in [0.15, 0.2) is 5.03 Å². The molecule has 2 aromatic rings. The molecule has 1 saturated heterocycles. The maximum absolute atomic E-state index is 12.9. The first kappa shape index (κ1) is 16.6. The van der Waals surface area contributed by atoms with Crippen molar-refractivity contribution in [2.45, 2.75) is 23.9 Å². The third-order valence-electron chi connectivity index (χ3n) is 4.20. The normalized spacial score (nSPS) is 18.4. The van der Waals surface area contributed by atoms with E-state index in [0.717, 1.165) is 18.4 Å². The van der Waals surface area contributed by atoms with Gasteiger partial charge < -0.3 is 5.73 Å². The second-order valence-electron chi connectivity index (χ2n) is 5.70. The van der Waals surface area contributed by atoms with Crippen molar-refractivity contribution in [1.82, 2.24) is 9.29 Å². The van der Waals surface area contributed by atoms with Crippen LogP contribution in [0, 0.1) is 11.3 Å². The van der Waals surface area contributed by atoms with Gasteiger partial charge in [-0.3, -0.25) is 0 Å². The minimum atomic E-state index is -3.65. The van der Waals surface area contributed by atoms with E-state index in [2.05, 4.69) is 11.1 Å². The van der Waals surface area contributed by atoms with Crippen LogP contribution >= 0.6 is 0 Å². The number of benzene rings is 1. The SMILES string of the molecule is N#Cc1ccc(-c2cccc(S(=O)(=O)N3CCC[C@@H]3CN)n2)cc1. The molecule has 2 heterocycles. The van der Waals surface area contributed by atoms with Gasteiger partial charge in [-0.15, -0.1) is 0 Å².